The minimum absolute atomic E-state index is 0.0722. The monoisotopic (exact) mass is 437 g/mol. The summed E-state index contributed by atoms with van der Waals surface area (Å²) >= 11 is 1.88. The molecule has 0 N–H and O–H groups in total. The first kappa shape index (κ1) is 21.2. The van der Waals surface area contributed by atoms with E-state index in [4.69, 9.17) is 4.98 Å². The molecule has 0 aliphatic rings. The molecule has 0 aliphatic carbocycles. The summed E-state index contributed by atoms with van der Waals surface area (Å²) in [5.41, 5.74) is 6.58. The second-order valence-corrected chi connectivity index (χ2v) is 11.7. The molecule has 0 spiro atoms. The maximum absolute atomic E-state index is 4.90. The van der Waals surface area contributed by atoms with Crippen LogP contribution in [0.2, 0.25) is 0 Å². The largest absolute Gasteiger partial charge is 0.256 e. The van der Waals surface area contributed by atoms with Crippen molar-refractivity contribution in [3.63, 3.8) is 0 Å². The molecule has 0 atom stereocenters. The summed E-state index contributed by atoms with van der Waals surface area (Å²) in [6, 6.07) is 18.4. The van der Waals surface area contributed by atoms with Crippen LogP contribution in [0.25, 0.3) is 42.9 Å². The molecule has 162 valence electrons. The summed E-state index contributed by atoms with van der Waals surface area (Å²) in [6.07, 6.45) is 1.98. The molecule has 1 nitrogen and oxygen atoms in total. The SMILES string of the molecule is Cc1cc2c(C(C)(C)C)cc(-c3nccc4c3ccc3c(C(C)C)c(C)ccc34)cc2s1. The molecule has 2 heteroatoms. The van der Waals surface area contributed by atoms with Gasteiger partial charge in [-0.25, -0.2) is 0 Å². The molecule has 0 unspecified atom stereocenters. The fraction of sp³-hybridized carbons (Fsp3) is 0.300. The molecule has 5 aromatic rings. The first-order valence-electron chi connectivity index (χ1n) is 11.5. The third-order valence-corrected chi connectivity index (χ3v) is 7.62. The molecule has 0 radical (unpaired) electrons. The Balaban J connectivity index is 1.83. The summed E-state index contributed by atoms with van der Waals surface area (Å²) < 4.78 is 1.35. The number of hydrogen-bond donors (Lipinski definition) is 0. The van der Waals surface area contributed by atoms with Crippen LogP contribution in [0.5, 0.6) is 0 Å². The molecule has 3 aromatic carbocycles. The van der Waals surface area contributed by atoms with Gasteiger partial charge in [-0.05, 0) is 87.7 Å². The van der Waals surface area contributed by atoms with Gasteiger partial charge in [-0.2, -0.15) is 0 Å². The van der Waals surface area contributed by atoms with Crippen molar-refractivity contribution in [1.29, 1.82) is 0 Å². The van der Waals surface area contributed by atoms with E-state index in [0.29, 0.717) is 5.92 Å². The number of pyridine rings is 1. The van der Waals surface area contributed by atoms with E-state index in [1.165, 1.54) is 58.8 Å². The van der Waals surface area contributed by atoms with Gasteiger partial charge in [0.05, 0.1) is 5.69 Å². The highest BCUT2D eigenvalue weighted by Gasteiger charge is 2.21. The van der Waals surface area contributed by atoms with Gasteiger partial charge in [0.15, 0.2) is 0 Å². The Labute approximate surface area is 195 Å². The lowest BCUT2D eigenvalue weighted by molar-refractivity contribution is 0.596. The van der Waals surface area contributed by atoms with Crippen molar-refractivity contribution < 1.29 is 0 Å². The minimum atomic E-state index is 0.0722. The lowest BCUT2D eigenvalue weighted by Crippen LogP contribution is -2.11. The van der Waals surface area contributed by atoms with Gasteiger partial charge >= 0.3 is 0 Å². The van der Waals surface area contributed by atoms with Gasteiger partial charge in [0.1, 0.15) is 0 Å². The Hall–Kier alpha value is -2.71. The first-order chi connectivity index (χ1) is 15.1. The van der Waals surface area contributed by atoms with Crippen LogP contribution in [0.3, 0.4) is 0 Å². The van der Waals surface area contributed by atoms with E-state index in [1.54, 1.807) is 0 Å². The number of fused-ring (bicyclic) bond motifs is 4. The highest BCUT2D eigenvalue weighted by Crippen LogP contribution is 2.41. The molecule has 0 saturated heterocycles. The Morgan fingerprint density at radius 2 is 1.47 bits per heavy atom. The second-order valence-electron chi connectivity index (χ2n) is 10.4. The zero-order valence-electron chi connectivity index (χ0n) is 20.1. The summed E-state index contributed by atoms with van der Waals surface area (Å²) in [5.74, 6) is 0.497. The maximum Gasteiger partial charge on any atom is 0.0781 e. The highest BCUT2D eigenvalue weighted by atomic mass is 32.1. The topological polar surface area (TPSA) is 12.9 Å². The summed E-state index contributed by atoms with van der Waals surface area (Å²) in [5, 5.41) is 6.58. The van der Waals surface area contributed by atoms with Gasteiger partial charge in [0, 0.05) is 26.7 Å². The van der Waals surface area contributed by atoms with Crippen molar-refractivity contribution >= 4 is 43.0 Å². The van der Waals surface area contributed by atoms with E-state index < -0.39 is 0 Å². The number of hydrogen-bond acceptors (Lipinski definition) is 2. The Morgan fingerprint density at radius 3 is 2.19 bits per heavy atom. The smallest absolute Gasteiger partial charge is 0.0781 e. The molecule has 0 bridgehead atoms. The molecule has 5 rings (SSSR count). The molecular weight excluding hydrogens is 406 g/mol. The van der Waals surface area contributed by atoms with E-state index >= 15 is 0 Å². The van der Waals surface area contributed by atoms with Crippen molar-refractivity contribution in [2.24, 2.45) is 0 Å². The number of nitrogens with zero attached hydrogens (tertiary/aromatic N) is 1. The van der Waals surface area contributed by atoms with Crippen molar-refractivity contribution in [1.82, 2.24) is 4.98 Å². The minimum Gasteiger partial charge on any atom is -0.256 e. The van der Waals surface area contributed by atoms with Gasteiger partial charge in [0.25, 0.3) is 0 Å². The zero-order chi connectivity index (χ0) is 22.8. The second kappa shape index (κ2) is 7.42. The van der Waals surface area contributed by atoms with Crippen molar-refractivity contribution in [3.8, 4) is 11.3 Å². The average Bonchev–Trinajstić information content (AvgIpc) is 3.10. The van der Waals surface area contributed by atoms with Gasteiger partial charge < -0.3 is 0 Å². The van der Waals surface area contributed by atoms with Crippen LogP contribution in [-0.2, 0) is 5.41 Å². The fourth-order valence-electron chi connectivity index (χ4n) is 5.22. The van der Waals surface area contributed by atoms with Crippen LogP contribution in [0.15, 0.2) is 54.7 Å². The fourth-order valence-corrected chi connectivity index (χ4v) is 6.21. The molecular formula is C30H31NS. The molecule has 0 fully saturated rings. The van der Waals surface area contributed by atoms with Crippen molar-refractivity contribution in [2.45, 2.75) is 59.8 Å². The number of aryl methyl sites for hydroxylation is 2. The third kappa shape index (κ3) is 3.33. The highest BCUT2D eigenvalue weighted by molar-refractivity contribution is 7.19. The molecule has 2 heterocycles. The van der Waals surface area contributed by atoms with Gasteiger partial charge in [-0.15, -0.1) is 11.3 Å². The molecule has 2 aromatic heterocycles. The van der Waals surface area contributed by atoms with Crippen LogP contribution < -0.4 is 0 Å². The Morgan fingerprint density at radius 1 is 0.781 bits per heavy atom. The Kier molecular flexibility index (Phi) is 4.90. The van der Waals surface area contributed by atoms with Crippen LogP contribution >= 0.6 is 11.3 Å². The normalized spacial score (nSPS) is 12.5. The van der Waals surface area contributed by atoms with E-state index in [0.717, 1.165) is 5.69 Å². The van der Waals surface area contributed by atoms with E-state index in [1.807, 2.05) is 17.5 Å². The predicted molar refractivity (Wildman–Crippen MR) is 142 cm³/mol. The first-order valence-corrected chi connectivity index (χ1v) is 12.3. The van der Waals surface area contributed by atoms with E-state index in [9.17, 15) is 0 Å². The number of rotatable bonds is 2. The molecule has 32 heavy (non-hydrogen) atoms. The number of benzene rings is 3. The molecule has 0 amide bonds. The quantitative estimate of drug-likeness (QED) is 0.251. The predicted octanol–water partition coefficient (Wildman–Crippen LogP) is 9.31. The van der Waals surface area contributed by atoms with Crippen molar-refractivity contribution in [2.75, 3.05) is 0 Å². The van der Waals surface area contributed by atoms with Crippen molar-refractivity contribution in [3.05, 3.63) is 76.3 Å². The van der Waals surface area contributed by atoms with E-state index in [-0.39, 0.29) is 5.41 Å². The zero-order valence-corrected chi connectivity index (χ0v) is 20.9. The number of aromatic nitrogens is 1. The van der Waals surface area contributed by atoms with Gasteiger partial charge in [-0.1, -0.05) is 58.9 Å². The van der Waals surface area contributed by atoms with E-state index in [2.05, 4.69) is 97.0 Å². The average molecular weight is 438 g/mol. The van der Waals surface area contributed by atoms with Gasteiger partial charge in [-0.3, -0.25) is 4.98 Å². The Bertz CT molecular complexity index is 1500. The van der Waals surface area contributed by atoms with Crippen LogP contribution in [0.1, 0.15) is 62.1 Å². The molecule has 0 saturated carbocycles. The van der Waals surface area contributed by atoms with Crippen LogP contribution in [0.4, 0.5) is 0 Å². The molecule has 0 aliphatic heterocycles. The summed E-state index contributed by atoms with van der Waals surface area (Å²) in [6.45, 7) is 15.9. The van der Waals surface area contributed by atoms with Crippen LogP contribution in [0, 0.1) is 13.8 Å². The summed E-state index contributed by atoms with van der Waals surface area (Å²) in [7, 11) is 0. The summed E-state index contributed by atoms with van der Waals surface area (Å²) in [4.78, 5) is 6.26. The maximum atomic E-state index is 4.90. The number of thiophene rings is 1. The lowest BCUT2D eigenvalue weighted by atomic mass is 9.83. The third-order valence-electron chi connectivity index (χ3n) is 6.62. The van der Waals surface area contributed by atoms with Gasteiger partial charge in [0.2, 0.25) is 0 Å². The standard InChI is InChI=1S/C30H31NS/c1-17(2)28-18(3)8-9-21-22-12-13-31-29(24(22)11-10-23(21)28)20-15-26(30(5,6)7)25-14-19(4)32-27(25)16-20/h8-17H,1-7H3. The van der Waals surface area contributed by atoms with Crippen LogP contribution in [-0.4, -0.2) is 4.98 Å². The lowest BCUT2D eigenvalue weighted by Gasteiger charge is -2.22.